The van der Waals surface area contributed by atoms with Gasteiger partial charge in [0.2, 0.25) is 5.95 Å². The first-order chi connectivity index (χ1) is 12.1. The molecule has 0 aliphatic rings. The molecule has 0 unspecified atom stereocenters. The van der Waals surface area contributed by atoms with Crippen molar-refractivity contribution in [1.82, 2.24) is 9.97 Å². The third kappa shape index (κ3) is 4.38. The number of hydrogen-bond acceptors (Lipinski definition) is 6. The van der Waals surface area contributed by atoms with Crippen molar-refractivity contribution in [3.63, 3.8) is 0 Å². The van der Waals surface area contributed by atoms with E-state index in [1.807, 2.05) is 67.5 Å². The van der Waals surface area contributed by atoms with Crippen LogP contribution in [0.15, 0.2) is 60.9 Å². The van der Waals surface area contributed by atoms with Crippen LogP contribution in [-0.4, -0.2) is 31.2 Å². The number of anilines is 3. The van der Waals surface area contributed by atoms with Crippen LogP contribution in [0.25, 0.3) is 0 Å². The Bertz CT molecular complexity index is 835. The van der Waals surface area contributed by atoms with Crippen molar-refractivity contribution in [2.45, 2.75) is 0 Å². The van der Waals surface area contributed by atoms with Crippen LogP contribution in [0.4, 0.5) is 17.3 Å². The molecule has 0 saturated heterocycles. The van der Waals surface area contributed by atoms with E-state index in [4.69, 9.17) is 9.47 Å². The van der Waals surface area contributed by atoms with Gasteiger partial charge in [-0.3, -0.25) is 0 Å². The highest BCUT2D eigenvalue weighted by Gasteiger charge is 2.03. The first-order valence-corrected chi connectivity index (χ1v) is 7.82. The van der Waals surface area contributed by atoms with Crippen LogP contribution in [0.2, 0.25) is 0 Å². The molecule has 0 saturated carbocycles. The van der Waals surface area contributed by atoms with Gasteiger partial charge in [-0.15, -0.1) is 0 Å². The number of methoxy groups -OCH3 is 1. The van der Waals surface area contributed by atoms with E-state index in [2.05, 4.69) is 15.3 Å². The number of nitrogens with zero attached hydrogens (tertiary/aromatic N) is 3. The minimum atomic E-state index is 0.489. The average molecular weight is 336 g/mol. The predicted molar refractivity (Wildman–Crippen MR) is 99.2 cm³/mol. The molecule has 0 spiro atoms. The lowest BCUT2D eigenvalue weighted by atomic mass is 10.3. The molecule has 128 valence electrons. The van der Waals surface area contributed by atoms with Crippen molar-refractivity contribution < 1.29 is 9.47 Å². The monoisotopic (exact) mass is 336 g/mol. The Hall–Kier alpha value is -3.28. The Morgan fingerprint density at radius 1 is 0.880 bits per heavy atom. The highest BCUT2D eigenvalue weighted by Crippen LogP contribution is 2.25. The third-order valence-electron chi connectivity index (χ3n) is 3.52. The highest BCUT2D eigenvalue weighted by atomic mass is 16.5. The van der Waals surface area contributed by atoms with Crippen molar-refractivity contribution in [2.75, 3.05) is 31.4 Å². The topological polar surface area (TPSA) is 59.5 Å². The summed E-state index contributed by atoms with van der Waals surface area (Å²) in [4.78, 5) is 10.6. The zero-order valence-corrected chi connectivity index (χ0v) is 14.4. The molecule has 1 N–H and O–H groups in total. The molecular weight excluding hydrogens is 316 g/mol. The predicted octanol–water partition coefficient (Wildman–Crippen LogP) is 4.09. The number of hydrogen-bond donors (Lipinski definition) is 1. The van der Waals surface area contributed by atoms with Gasteiger partial charge in [-0.1, -0.05) is 12.1 Å². The molecule has 0 aliphatic heterocycles. The van der Waals surface area contributed by atoms with E-state index in [9.17, 15) is 0 Å². The number of aromatic nitrogens is 2. The van der Waals surface area contributed by atoms with E-state index in [0.717, 1.165) is 22.9 Å². The minimum Gasteiger partial charge on any atom is -0.497 e. The summed E-state index contributed by atoms with van der Waals surface area (Å²) in [6.07, 6.45) is 3.27. The largest absolute Gasteiger partial charge is 0.497 e. The lowest BCUT2D eigenvalue weighted by Crippen LogP contribution is -2.08. The maximum atomic E-state index is 5.81. The van der Waals surface area contributed by atoms with Gasteiger partial charge in [0.15, 0.2) is 5.75 Å². The number of nitrogens with one attached hydrogen (secondary N) is 1. The van der Waals surface area contributed by atoms with Gasteiger partial charge >= 0.3 is 0 Å². The molecule has 3 rings (SSSR count). The second-order valence-electron chi connectivity index (χ2n) is 5.59. The molecule has 1 heterocycles. The molecule has 1 aromatic heterocycles. The normalized spacial score (nSPS) is 10.2. The highest BCUT2D eigenvalue weighted by molar-refractivity contribution is 5.56. The zero-order chi connectivity index (χ0) is 17.6. The maximum Gasteiger partial charge on any atom is 0.227 e. The van der Waals surface area contributed by atoms with Crippen molar-refractivity contribution in [2.24, 2.45) is 0 Å². The fraction of sp³-hybridized carbons (Fsp3) is 0.158. The fourth-order valence-electron chi connectivity index (χ4n) is 2.22. The van der Waals surface area contributed by atoms with Gasteiger partial charge in [-0.2, -0.15) is 0 Å². The van der Waals surface area contributed by atoms with Gasteiger partial charge in [0, 0.05) is 37.6 Å². The van der Waals surface area contributed by atoms with Crippen LogP contribution in [0, 0.1) is 0 Å². The molecule has 0 fully saturated rings. The second-order valence-corrected chi connectivity index (χ2v) is 5.59. The first-order valence-electron chi connectivity index (χ1n) is 7.82. The summed E-state index contributed by atoms with van der Waals surface area (Å²) < 4.78 is 11.0. The van der Waals surface area contributed by atoms with E-state index in [-0.39, 0.29) is 0 Å². The maximum absolute atomic E-state index is 5.81. The van der Waals surface area contributed by atoms with Crippen molar-refractivity contribution in [1.29, 1.82) is 0 Å². The summed E-state index contributed by atoms with van der Waals surface area (Å²) in [6.45, 7) is 0. The van der Waals surface area contributed by atoms with Crippen LogP contribution in [-0.2, 0) is 0 Å². The molecule has 3 aromatic rings. The lowest BCUT2D eigenvalue weighted by molar-refractivity contribution is 0.415. The zero-order valence-electron chi connectivity index (χ0n) is 14.4. The minimum absolute atomic E-state index is 0.489. The van der Waals surface area contributed by atoms with Crippen LogP contribution in [0.5, 0.6) is 17.2 Å². The quantitative estimate of drug-likeness (QED) is 0.732. The summed E-state index contributed by atoms with van der Waals surface area (Å²) in [7, 11) is 5.61. The Labute approximate surface area is 147 Å². The molecule has 25 heavy (non-hydrogen) atoms. The van der Waals surface area contributed by atoms with E-state index in [1.165, 1.54) is 0 Å². The van der Waals surface area contributed by atoms with Crippen molar-refractivity contribution >= 4 is 17.3 Å². The molecule has 0 atom stereocenters. The van der Waals surface area contributed by atoms with Gasteiger partial charge in [-0.25, -0.2) is 9.97 Å². The Balaban J connectivity index is 1.68. The van der Waals surface area contributed by atoms with E-state index in [1.54, 1.807) is 19.5 Å². The number of benzene rings is 2. The molecule has 0 radical (unpaired) electrons. The third-order valence-corrected chi connectivity index (χ3v) is 3.52. The lowest BCUT2D eigenvalue weighted by Gasteiger charge is -2.13. The summed E-state index contributed by atoms with van der Waals surface area (Å²) >= 11 is 0. The van der Waals surface area contributed by atoms with Crippen LogP contribution in [0.1, 0.15) is 0 Å². The number of ether oxygens (including phenoxy) is 2. The molecule has 2 aromatic carbocycles. The molecule has 0 amide bonds. The van der Waals surface area contributed by atoms with E-state index >= 15 is 0 Å². The molecule has 6 nitrogen and oxygen atoms in total. The van der Waals surface area contributed by atoms with Gasteiger partial charge in [0.25, 0.3) is 0 Å². The van der Waals surface area contributed by atoms with Gasteiger partial charge in [0.05, 0.1) is 19.5 Å². The van der Waals surface area contributed by atoms with E-state index < -0.39 is 0 Å². The van der Waals surface area contributed by atoms with Crippen molar-refractivity contribution in [3.05, 3.63) is 60.9 Å². The second kappa shape index (κ2) is 7.53. The van der Waals surface area contributed by atoms with Crippen molar-refractivity contribution in [3.8, 4) is 17.2 Å². The summed E-state index contributed by atoms with van der Waals surface area (Å²) in [5, 5.41) is 3.13. The fourth-order valence-corrected chi connectivity index (χ4v) is 2.22. The first kappa shape index (κ1) is 16.6. The van der Waals surface area contributed by atoms with Gasteiger partial charge in [0.1, 0.15) is 11.5 Å². The summed E-state index contributed by atoms with van der Waals surface area (Å²) in [5.41, 5.74) is 1.92. The summed E-state index contributed by atoms with van der Waals surface area (Å²) in [5.74, 6) is 2.57. The van der Waals surface area contributed by atoms with Gasteiger partial charge in [-0.05, 0) is 24.3 Å². The summed E-state index contributed by atoms with van der Waals surface area (Å²) in [6, 6.07) is 15.4. The van der Waals surface area contributed by atoms with Crippen LogP contribution >= 0.6 is 0 Å². The van der Waals surface area contributed by atoms with Crippen LogP contribution in [0.3, 0.4) is 0 Å². The van der Waals surface area contributed by atoms with E-state index in [0.29, 0.717) is 11.7 Å². The average Bonchev–Trinajstić information content (AvgIpc) is 2.64. The molecule has 6 heteroatoms. The van der Waals surface area contributed by atoms with Crippen LogP contribution < -0.4 is 19.7 Å². The Morgan fingerprint density at radius 3 is 2.32 bits per heavy atom. The standard InChI is InChI=1S/C19H20N4O2/c1-23(2)15-7-5-9-17(11-15)25-18-12-20-19(21-13-18)22-14-6-4-8-16(10-14)24-3/h4-13H,1-3H3,(H,20,21,22). The molecule has 0 bridgehead atoms. The van der Waals surface area contributed by atoms with Gasteiger partial charge < -0.3 is 19.7 Å². The molecular formula is C19H20N4O2. The Morgan fingerprint density at radius 2 is 1.60 bits per heavy atom. The number of rotatable bonds is 6. The molecule has 0 aliphatic carbocycles. The smallest absolute Gasteiger partial charge is 0.227 e. The Kier molecular flexibility index (Phi) is 4.99. The SMILES string of the molecule is COc1cccc(Nc2ncc(Oc3cccc(N(C)C)c3)cn2)c1.